The van der Waals surface area contributed by atoms with E-state index >= 15 is 0 Å². The van der Waals surface area contributed by atoms with Gasteiger partial charge in [-0.3, -0.25) is 0 Å². The third-order valence-electron chi connectivity index (χ3n) is 4.10. The molecule has 0 bridgehead atoms. The highest BCUT2D eigenvalue weighted by molar-refractivity contribution is 5.53. The van der Waals surface area contributed by atoms with Gasteiger partial charge < -0.3 is 15.0 Å². The first-order valence-electron chi connectivity index (χ1n) is 7.30. The molecule has 0 aromatic carbocycles. The van der Waals surface area contributed by atoms with E-state index in [1.54, 1.807) is 6.20 Å². The van der Waals surface area contributed by atoms with E-state index in [2.05, 4.69) is 21.3 Å². The molecule has 0 spiro atoms. The quantitative estimate of drug-likeness (QED) is 0.898. The molecule has 0 aliphatic carbocycles. The lowest BCUT2D eigenvalue weighted by Gasteiger charge is -2.34. The molecule has 20 heavy (non-hydrogen) atoms. The third-order valence-corrected chi connectivity index (χ3v) is 4.10. The van der Waals surface area contributed by atoms with Gasteiger partial charge in [0.15, 0.2) is 0 Å². The van der Waals surface area contributed by atoms with Crippen molar-refractivity contribution in [2.45, 2.75) is 31.3 Å². The smallest absolute Gasteiger partial charge is 0.146 e. The van der Waals surface area contributed by atoms with Crippen molar-refractivity contribution in [1.82, 2.24) is 10.3 Å². The standard InChI is InChI=1S/C15H20N4O/c16-10-12-2-1-6-17-15(12)19-7-3-13(4-8-19)18-14-5-9-20-11-14/h1-2,6,13-14,18H,3-5,7-9,11H2/t14-/m0/s1. The van der Waals surface area contributed by atoms with E-state index in [-0.39, 0.29) is 0 Å². The number of aromatic nitrogens is 1. The number of hydrogen-bond acceptors (Lipinski definition) is 5. The Labute approximate surface area is 119 Å². The summed E-state index contributed by atoms with van der Waals surface area (Å²) in [6, 6.07) is 6.96. The fourth-order valence-corrected chi connectivity index (χ4v) is 2.99. The highest BCUT2D eigenvalue weighted by Gasteiger charge is 2.25. The van der Waals surface area contributed by atoms with Crippen LogP contribution in [0.5, 0.6) is 0 Å². The van der Waals surface area contributed by atoms with Crippen LogP contribution in [-0.2, 0) is 4.74 Å². The van der Waals surface area contributed by atoms with Crippen molar-refractivity contribution < 1.29 is 4.74 Å². The predicted octanol–water partition coefficient (Wildman–Crippen LogP) is 1.30. The Morgan fingerprint density at radius 3 is 2.85 bits per heavy atom. The van der Waals surface area contributed by atoms with Crippen LogP contribution in [0.25, 0.3) is 0 Å². The number of pyridine rings is 1. The number of ether oxygens (including phenoxy) is 1. The topological polar surface area (TPSA) is 61.2 Å². The normalized spacial score (nSPS) is 23.8. The first-order valence-corrected chi connectivity index (χ1v) is 7.30. The fourth-order valence-electron chi connectivity index (χ4n) is 2.99. The minimum absolute atomic E-state index is 0.524. The van der Waals surface area contributed by atoms with Crippen molar-refractivity contribution in [2.75, 3.05) is 31.2 Å². The van der Waals surface area contributed by atoms with Gasteiger partial charge in [-0.05, 0) is 31.4 Å². The zero-order valence-electron chi connectivity index (χ0n) is 11.6. The number of anilines is 1. The van der Waals surface area contributed by atoms with Gasteiger partial charge in [0.25, 0.3) is 0 Å². The molecule has 2 aliphatic rings. The van der Waals surface area contributed by atoms with Crippen LogP contribution in [0.15, 0.2) is 18.3 Å². The van der Waals surface area contributed by atoms with E-state index in [1.807, 2.05) is 12.1 Å². The van der Waals surface area contributed by atoms with Crippen LogP contribution in [0.4, 0.5) is 5.82 Å². The van der Waals surface area contributed by atoms with Crippen LogP contribution in [0.2, 0.25) is 0 Å². The van der Waals surface area contributed by atoms with E-state index in [4.69, 9.17) is 10.00 Å². The van der Waals surface area contributed by atoms with Crippen molar-refractivity contribution in [3.8, 4) is 6.07 Å². The maximum atomic E-state index is 9.15. The van der Waals surface area contributed by atoms with Gasteiger partial charge in [0.1, 0.15) is 11.9 Å². The molecular weight excluding hydrogens is 252 g/mol. The lowest BCUT2D eigenvalue weighted by molar-refractivity contribution is 0.186. The summed E-state index contributed by atoms with van der Waals surface area (Å²) in [6.45, 7) is 3.64. The van der Waals surface area contributed by atoms with E-state index in [0.717, 1.165) is 51.4 Å². The summed E-state index contributed by atoms with van der Waals surface area (Å²) in [7, 11) is 0. The molecular formula is C15H20N4O. The Morgan fingerprint density at radius 2 is 2.15 bits per heavy atom. The fraction of sp³-hybridized carbons (Fsp3) is 0.600. The summed E-state index contributed by atoms with van der Waals surface area (Å²) in [5.41, 5.74) is 0.670. The summed E-state index contributed by atoms with van der Waals surface area (Å²) >= 11 is 0. The first-order chi connectivity index (χ1) is 9.86. The molecule has 1 aromatic heterocycles. The number of piperidine rings is 1. The Kier molecular flexibility index (Phi) is 4.14. The number of nitriles is 1. The van der Waals surface area contributed by atoms with Crippen LogP contribution in [0, 0.1) is 11.3 Å². The van der Waals surface area contributed by atoms with Crippen molar-refractivity contribution in [3.63, 3.8) is 0 Å². The second-order valence-corrected chi connectivity index (χ2v) is 5.47. The van der Waals surface area contributed by atoms with Gasteiger partial charge in [-0.1, -0.05) is 0 Å². The molecule has 2 fully saturated rings. The second kappa shape index (κ2) is 6.21. The molecule has 1 aromatic rings. The zero-order chi connectivity index (χ0) is 13.8. The van der Waals surface area contributed by atoms with Gasteiger partial charge in [-0.2, -0.15) is 5.26 Å². The minimum Gasteiger partial charge on any atom is -0.380 e. The van der Waals surface area contributed by atoms with Gasteiger partial charge >= 0.3 is 0 Å². The Morgan fingerprint density at radius 1 is 1.30 bits per heavy atom. The largest absolute Gasteiger partial charge is 0.380 e. The molecule has 0 amide bonds. The monoisotopic (exact) mass is 272 g/mol. The van der Waals surface area contributed by atoms with Gasteiger partial charge in [0.2, 0.25) is 0 Å². The van der Waals surface area contributed by atoms with Crippen molar-refractivity contribution >= 4 is 5.82 Å². The Balaban J connectivity index is 1.56. The summed E-state index contributed by atoms with van der Waals surface area (Å²) in [6.07, 6.45) is 5.07. The molecule has 1 N–H and O–H groups in total. The van der Waals surface area contributed by atoms with Crippen molar-refractivity contribution in [2.24, 2.45) is 0 Å². The molecule has 5 heteroatoms. The predicted molar refractivity (Wildman–Crippen MR) is 76.5 cm³/mol. The van der Waals surface area contributed by atoms with Crippen LogP contribution in [-0.4, -0.2) is 43.4 Å². The SMILES string of the molecule is N#Cc1cccnc1N1CCC(N[C@H]2CCOC2)CC1. The highest BCUT2D eigenvalue weighted by atomic mass is 16.5. The molecule has 0 radical (unpaired) electrons. The molecule has 2 saturated heterocycles. The lowest BCUT2D eigenvalue weighted by atomic mass is 10.0. The number of rotatable bonds is 3. The molecule has 2 aliphatic heterocycles. The molecule has 106 valence electrons. The summed E-state index contributed by atoms with van der Waals surface area (Å²) in [4.78, 5) is 6.59. The second-order valence-electron chi connectivity index (χ2n) is 5.47. The Hall–Kier alpha value is -1.64. The highest BCUT2D eigenvalue weighted by Crippen LogP contribution is 2.21. The average Bonchev–Trinajstić information content (AvgIpc) is 3.01. The van der Waals surface area contributed by atoms with E-state index in [0.29, 0.717) is 17.6 Å². The van der Waals surface area contributed by atoms with Crippen LogP contribution < -0.4 is 10.2 Å². The number of nitrogens with one attached hydrogen (secondary N) is 1. The molecule has 0 unspecified atom stereocenters. The van der Waals surface area contributed by atoms with E-state index < -0.39 is 0 Å². The lowest BCUT2D eigenvalue weighted by Crippen LogP contribution is -2.46. The first kappa shape index (κ1) is 13.3. The summed E-state index contributed by atoms with van der Waals surface area (Å²) < 4.78 is 5.40. The number of hydrogen-bond donors (Lipinski definition) is 1. The maximum absolute atomic E-state index is 9.15. The van der Waals surface area contributed by atoms with E-state index in [1.165, 1.54) is 0 Å². The molecule has 3 rings (SSSR count). The molecule has 3 heterocycles. The van der Waals surface area contributed by atoms with Crippen LogP contribution >= 0.6 is 0 Å². The average molecular weight is 272 g/mol. The molecule has 1 atom stereocenters. The number of nitrogens with zero attached hydrogens (tertiary/aromatic N) is 3. The molecule has 5 nitrogen and oxygen atoms in total. The third kappa shape index (κ3) is 2.92. The summed E-state index contributed by atoms with van der Waals surface area (Å²) in [5, 5.41) is 12.8. The van der Waals surface area contributed by atoms with Crippen LogP contribution in [0.3, 0.4) is 0 Å². The minimum atomic E-state index is 0.524. The zero-order valence-corrected chi connectivity index (χ0v) is 11.6. The Bertz CT molecular complexity index is 485. The summed E-state index contributed by atoms with van der Waals surface area (Å²) in [5.74, 6) is 0.831. The van der Waals surface area contributed by atoms with Crippen LogP contribution in [0.1, 0.15) is 24.8 Å². The maximum Gasteiger partial charge on any atom is 0.146 e. The van der Waals surface area contributed by atoms with E-state index in [9.17, 15) is 0 Å². The molecule has 0 saturated carbocycles. The van der Waals surface area contributed by atoms with Gasteiger partial charge in [0, 0.05) is 38.0 Å². The van der Waals surface area contributed by atoms with Gasteiger partial charge in [-0.15, -0.1) is 0 Å². The van der Waals surface area contributed by atoms with Gasteiger partial charge in [0.05, 0.1) is 12.2 Å². The van der Waals surface area contributed by atoms with Gasteiger partial charge in [-0.25, -0.2) is 4.98 Å². The van der Waals surface area contributed by atoms with Crippen molar-refractivity contribution in [3.05, 3.63) is 23.9 Å². The van der Waals surface area contributed by atoms with Crippen molar-refractivity contribution in [1.29, 1.82) is 5.26 Å².